The summed E-state index contributed by atoms with van der Waals surface area (Å²) in [6.07, 6.45) is 8.25. The largest absolute Gasteiger partial charge is 0.481 e. The highest BCUT2D eigenvalue weighted by atomic mass is 16.5. The zero-order valence-corrected chi connectivity index (χ0v) is 11.2. The van der Waals surface area contributed by atoms with Crippen molar-refractivity contribution in [1.29, 1.82) is 0 Å². The number of aromatic nitrogens is 1. The van der Waals surface area contributed by atoms with Crippen LogP contribution in [-0.4, -0.2) is 18.1 Å². The van der Waals surface area contributed by atoms with Gasteiger partial charge in [-0.3, -0.25) is 0 Å². The summed E-state index contributed by atoms with van der Waals surface area (Å²) in [5, 5.41) is 3.47. The zero-order chi connectivity index (χ0) is 12.5. The summed E-state index contributed by atoms with van der Waals surface area (Å²) in [7, 11) is 1.64. The lowest BCUT2D eigenvalue weighted by molar-refractivity contribution is 0.398. The standard InChI is InChI=1S/C14H24N2O/c1-4-5-6-7-8-12(2)16-13-9-10-15-14(11-13)17-3/h9-12H,4-8H2,1-3H3,(H,15,16). The van der Waals surface area contributed by atoms with E-state index in [1.54, 1.807) is 13.3 Å². The molecule has 0 radical (unpaired) electrons. The van der Waals surface area contributed by atoms with Crippen LogP contribution in [0.3, 0.4) is 0 Å². The van der Waals surface area contributed by atoms with E-state index in [9.17, 15) is 0 Å². The van der Waals surface area contributed by atoms with Crippen molar-refractivity contribution in [2.24, 2.45) is 0 Å². The number of anilines is 1. The maximum Gasteiger partial charge on any atom is 0.214 e. The van der Waals surface area contributed by atoms with E-state index in [0.29, 0.717) is 11.9 Å². The molecule has 0 aliphatic carbocycles. The third-order valence-corrected chi connectivity index (χ3v) is 2.85. The molecule has 1 atom stereocenters. The Balaban J connectivity index is 2.31. The number of nitrogens with zero attached hydrogens (tertiary/aromatic N) is 1. The number of hydrogen-bond donors (Lipinski definition) is 1. The first kappa shape index (κ1) is 13.8. The summed E-state index contributed by atoms with van der Waals surface area (Å²) < 4.78 is 5.10. The van der Waals surface area contributed by atoms with Gasteiger partial charge in [-0.1, -0.05) is 32.6 Å². The SMILES string of the molecule is CCCCCCC(C)Nc1ccnc(OC)c1. The summed E-state index contributed by atoms with van der Waals surface area (Å²) in [5.74, 6) is 0.660. The van der Waals surface area contributed by atoms with Gasteiger partial charge in [-0.2, -0.15) is 0 Å². The number of pyridine rings is 1. The molecule has 1 heterocycles. The van der Waals surface area contributed by atoms with Gasteiger partial charge in [-0.05, 0) is 19.4 Å². The summed E-state index contributed by atoms with van der Waals surface area (Å²) in [6.45, 7) is 4.46. The predicted molar refractivity (Wildman–Crippen MR) is 72.6 cm³/mol. The number of ether oxygens (including phenoxy) is 1. The van der Waals surface area contributed by atoms with Crippen LogP contribution in [0.15, 0.2) is 18.3 Å². The number of rotatable bonds is 8. The molecule has 1 unspecified atom stereocenters. The molecule has 17 heavy (non-hydrogen) atoms. The van der Waals surface area contributed by atoms with Crippen molar-refractivity contribution in [2.75, 3.05) is 12.4 Å². The van der Waals surface area contributed by atoms with Crippen molar-refractivity contribution >= 4 is 5.69 Å². The summed E-state index contributed by atoms with van der Waals surface area (Å²) in [4.78, 5) is 4.09. The topological polar surface area (TPSA) is 34.2 Å². The first-order valence-electron chi connectivity index (χ1n) is 6.52. The minimum atomic E-state index is 0.499. The van der Waals surface area contributed by atoms with E-state index in [1.165, 1.54) is 32.1 Å². The van der Waals surface area contributed by atoms with Gasteiger partial charge in [0.25, 0.3) is 0 Å². The highest BCUT2D eigenvalue weighted by Crippen LogP contribution is 2.16. The Morgan fingerprint density at radius 2 is 2.18 bits per heavy atom. The fraction of sp³-hybridized carbons (Fsp3) is 0.643. The lowest BCUT2D eigenvalue weighted by Crippen LogP contribution is -2.14. The molecule has 0 bridgehead atoms. The molecule has 1 N–H and O–H groups in total. The first-order chi connectivity index (χ1) is 8.26. The molecular formula is C14H24N2O. The fourth-order valence-electron chi connectivity index (χ4n) is 1.84. The maximum absolute atomic E-state index is 5.10. The molecule has 0 aromatic carbocycles. The molecule has 0 aliphatic heterocycles. The highest BCUT2D eigenvalue weighted by molar-refractivity contribution is 5.45. The number of nitrogens with one attached hydrogen (secondary N) is 1. The molecule has 0 spiro atoms. The summed E-state index contributed by atoms with van der Waals surface area (Å²) >= 11 is 0. The molecule has 1 aromatic rings. The minimum Gasteiger partial charge on any atom is -0.481 e. The van der Waals surface area contributed by atoms with E-state index in [4.69, 9.17) is 4.74 Å². The van der Waals surface area contributed by atoms with Crippen LogP contribution in [0.1, 0.15) is 46.0 Å². The highest BCUT2D eigenvalue weighted by Gasteiger charge is 2.03. The van der Waals surface area contributed by atoms with E-state index in [1.807, 2.05) is 12.1 Å². The number of methoxy groups -OCH3 is 1. The number of unbranched alkanes of at least 4 members (excludes halogenated alkanes) is 3. The average Bonchev–Trinajstić information content (AvgIpc) is 2.35. The molecule has 0 amide bonds. The monoisotopic (exact) mass is 236 g/mol. The van der Waals surface area contributed by atoms with Gasteiger partial charge in [-0.25, -0.2) is 4.98 Å². The average molecular weight is 236 g/mol. The molecule has 3 nitrogen and oxygen atoms in total. The van der Waals surface area contributed by atoms with Gasteiger partial charge in [0.2, 0.25) is 5.88 Å². The normalized spacial score (nSPS) is 12.2. The maximum atomic E-state index is 5.10. The van der Waals surface area contributed by atoms with Crippen LogP contribution in [0.25, 0.3) is 0 Å². The van der Waals surface area contributed by atoms with Crippen LogP contribution < -0.4 is 10.1 Å². The predicted octanol–water partition coefficient (Wildman–Crippen LogP) is 3.86. The molecule has 96 valence electrons. The smallest absolute Gasteiger partial charge is 0.214 e. The number of hydrogen-bond acceptors (Lipinski definition) is 3. The second kappa shape index (κ2) is 7.93. The van der Waals surface area contributed by atoms with Crippen LogP contribution in [-0.2, 0) is 0 Å². The van der Waals surface area contributed by atoms with Crippen LogP contribution >= 0.6 is 0 Å². The van der Waals surface area contributed by atoms with Gasteiger partial charge in [0.15, 0.2) is 0 Å². The van der Waals surface area contributed by atoms with Gasteiger partial charge in [0.05, 0.1) is 7.11 Å². The Hall–Kier alpha value is -1.25. The van der Waals surface area contributed by atoms with Crippen molar-refractivity contribution < 1.29 is 4.74 Å². The van der Waals surface area contributed by atoms with E-state index in [2.05, 4.69) is 24.1 Å². The molecule has 0 aliphatic rings. The fourth-order valence-corrected chi connectivity index (χ4v) is 1.84. The van der Waals surface area contributed by atoms with E-state index in [0.717, 1.165) is 5.69 Å². The second-order valence-corrected chi connectivity index (χ2v) is 4.48. The lowest BCUT2D eigenvalue weighted by Gasteiger charge is -2.15. The Labute approximate surface area is 105 Å². The zero-order valence-electron chi connectivity index (χ0n) is 11.2. The molecule has 0 saturated carbocycles. The van der Waals surface area contributed by atoms with Crippen LogP contribution in [0, 0.1) is 0 Å². The third-order valence-electron chi connectivity index (χ3n) is 2.85. The van der Waals surface area contributed by atoms with E-state index in [-0.39, 0.29) is 0 Å². The quantitative estimate of drug-likeness (QED) is 0.696. The first-order valence-corrected chi connectivity index (χ1v) is 6.52. The summed E-state index contributed by atoms with van der Waals surface area (Å²) in [6, 6.07) is 4.41. The van der Waals surface area contributed by atoms with Crippen molar-refractivity contribution in [3.05, 3.63) is 18.3 Å². The van der Waals surface area contributed by atoms with Gasteiger partial charge in [0, 0.05) is 24.0 Å². The van der Waals surface area contributed by atoms with Crippen LogP contribution in [0.5, 0.6) is 5.88 Å². The molecular weight excluding hydrogens is 212 g/mol. The van der Waals surface area contributed by atoms with E-state index < -0.39 is 0 Å². The van der Waals surface area contributed by atoms with Crippen molar-refractivity contribution in [1.82, 2.24) is 4.98 Å². The Bertz CT molecular complexity index is 315. The van der Waals surface area contributed by atoms with Crippen LogP contribution in [0.4, 0.5) is 5.69 Å². The van der Waals surface area contributed by atoms with Crippen molar-refractivity contribution in [3.63, 3.8) is 0 Å². The molecule has 1 rings (SSSR count). The van der Waals surface area contributed by atoms with Gasteiger partial charge < -0.3 is 10.1 Å². The Morgan fingerprint density at radius 3 is 2.88 bits per heavy atom. The van der Waals surface area contributed by atoms with Gasteiger partial charge in [-0.15, -0.1) is 0 Å². The van der Waals surface area contributed by atoms with Crippen LogP contribution in [0.2, 0.25) is 0 Å². The molecule has 0 fully saturated rings. The van der Waals surface area contributed by atoms with E-state index >= 15 is 0 Å². The summed E-state index contributed by atoms with van der Waals surface area (Å²) in [5.41, 5.74) is 1.08. The Kier molecular flexibility index (Phi) is 6.45. The second-order valence-electron chi connectivity index (χ2n) is 4.48. The van der Waals surface area contributed by atoms with Crippen molar-refractivity contribution in [2.45, 2.75) is 52.0 Å². The molecule has 0 saturated heterocycles. The van der Waals surface area contributed by atoms with Crippen molar-refractivity contribution in [3.8, 4) is 5.88 Å². The molecule has 1 aromatic heterocycles. The lowest BCUT2D eigenvalue weighted by atomic mass is 10.1. The molecule has 3 heteroatoms. The minimum absolute atomic E-state index is 0.499. The van der Waals surface area contributed by atoms with Gasteiger partial charge in [0.1, 0.15) is 0 Å². The third kappa shape index (κ3) is 5.57. The Morgan fingerprint density at radius 1 is 1.35 bits per heavy atom. The van der Waals surface area contributed by atoms with Gasteiger partial charge >= 0.3 is 0 Å².